The third-order valence-corrected chi connectivity index (χ3v) is 7.14. The Hall–Kier alpha value is -2.34. The maximum Gasteiger partial charge on any atom is 0.255 e. The Labute approximate surface area is 199 Å². The lowest BCUT2D eigenvalue weighted by atomic mass is 9.95. The molecule has 2 N–H and O–H groups in total. The molecule has 1 aliphatic carbocycles. The fraction of sp³-hybridized carbons (Fsp3) is 0.462. The van der Waals surface area contributed by atoms with Gasteiger partial charge < -0.3 is 15.5 Å². The van der Waals surface area contributed by atoms with Gasteiger partial charge in [-0.2, -0.15) is 0 Å². The number of anilines is 2. The van der Waals surface area contributed by atoms with Gasteiger partial charge in [0.1, 0.15) is 0 Å². The molecule has 2 aromatic carbocycles. The molecule has 1 saturated carbocycles. The summed E-state index contributed by atoms with van der Waals surface area (Å²) in [5, 5.41) is 6.22. The van der Waals surface area contributed by atoms with E-state index < -0.39 is 0 Å². The number of rotatable bonds is 5. The highest BCUT2D eigenvalue weighted by Gasteiger charge is 2.24. The third-order valence-electron chi connectivity index (χ3n) is 6.65. The zero-order valence-electron chi connectivity index (χ0n) is 18.7. The second kappa shape index (κ2) is 10.5. The number of piperidine rings is 1. The van der Waals surface area contributed by atoms with Gasteiger partial charge in [-0.25, -0.2) is 0 Å². The molecule has 0 bridgehead atoms. The molecular weight excluding hydrogens is 466 g/mol. The molecule has 1 aliphatic heterocycles. The molecule has 1 heterocycles. The van der Waals surface area contributed by atoms with E-state index in [1.165, 1.54) is 19.3 Å². The second-order valence-corrected chi connectivity index (χ2v) is 10.1. The molecule has 0 aromatic heterocycles. The Morgan fingerprint density at radius 2 is 1.69 bits per heavy atom. The summed E-state index contributed by atoms with van der Waals surface area (Å²) in [6.07, 6.45) is 7.94. The first-order chi connectivity index (χ1) is 15.5. The summed E-state index contributed by atoms with van der Waals surface area (Å²) in [5.41, 5.74) is 2.82. The van der Waals surface area contributed by atoms with Crippen LogP contribution in [0.5, 0.6) is 0 Å². The van der Waals surface area contributed by atoms with Crippen molar-refractivity contribution in [3.63, 3.8) is 0 Å². The largest absolute Gasteiger partial charge is 0.371 e. The third kappa shape index (κ3) is 5.71. The summed E-state index contributed by atoms with van der Waals surface area (Å²) in [6.45, 7) is 4.19. The summed E-state index contributed by atoms with van der Waals surface area (Å²) in [6, 6.07) is 13.3. The number of hydrogen-bond donors (Lipinski definition) is 2. The summed E-state index contributed by atoms with van der Waals surface area (Å²) in [4.78, 5) is 28.4. The zero-order chi connectivity index (χ0) is 22.5. The number of nitrogens with zero attached hydrogens (tertiary/aromatic N) is 1. The van der Waals surface area contributed by atoms with Crippen molar-refractivity contribution >= 4 is 39.1 Å². The van der Waals surface area contributed by atoms with Crippen molar-refractivity contribution in [2.45, 2.75) is 57.9 Å². The molecule has 2 fully saturated rings. The van der Waals surface area contributed by atoms with Gasteiger partial charge in [-0.15, -0.1) is 0 Å². The summed E-state index contributed by atoms with van der Waals surface area (Å²) < 4.78 is 0.854. The maximum atomic E-state index is 13.3. The summed E-state index contributed by atoms with van der Waals surface area (Å²) in [7, 11) is 0. The molecule has 1 saturated heterocycles. The van der Waals surface area contributed by atoms with Crippen LogP contribution in [0.15, 0.2) is 46.9 Å². The smallest absolute Gasteiger partial charge is 0.255 e. The van der Waals surface area contributed by atoms with Crippen LogP contribution in [0.4, 0.5) is 11.4 Å². The highest BCUT2D eigenvalue weighted by Crippen LogP contribution is 2.29. The van der Waals surface area contributed by atoms with Crippen LogP contribution < -0.4 is 15.5 Å². The van der Waals surface area contributed by atoms with Gasteiger partial charge in [0, 0.05) is 40.5 Å². The lowest BCUT2D eigenvalue weighted by Crippen LogP contribution is -2.38. The van der Waals surface area contributed by atoms with Crippen molar-refractivity contribution in [2.24, 2.45) is 5.92 Å². The summed E-state index contributed by atoms with van der Waals surface area (Å²) in [5.74, 6) is 0.489. The predicted octanol–water partition coefficient (Wildman–Crippen LogP) is 6.00. The van der Waals surface area contributed by atoms with Crippen LogP contribution in [-0.2, 0) is 0 Å². The Bertz CT molecular complexity index is 963. The molecule has 32 heavy (non-hydrogen) atoms. The van der Waals surface area contributed by atoms with E-state index in [0.717, 1.165) is 54.9 Å². The van der Waals surface area contributed by atoms with Crippen LogP contribution >= 0.6 is 15.9 Å². The molecular formula is C26H32BrN3O2. The van der Waals surface area contributed by atoms with Gasteiger partial charge in [0.15, 0.2) is 0 Å². The van der Waals surface area contributed by atoms with Crippen LogP contribution in [0.3, 0.4) is 0 Å². The van der Waals surface area contributed by atoms with Gasteiger partial charge >= 0.3 is 0 Å². The van der Waals surface area contributed by atoms with Crippen molar-refractivity contribution in [3.8, 4) is 0 Å². The molecule has 0 atom stereocenters. The van der Waals surface area contributed by atoms with Crippen molar-refractivity contribution < 1.29 is 9.59 Å². The first kappa shape index (κ1) is 22.8. The van der Waals surface area contributed by atoms with E-state index in [1.54, 1.807) is 12.1 Å². The highest BCUT2D eigenvalue weighted by molar-refractivity contribution is 9.10. The molecule has 2 aromatic rings. The van der Waals surface area contributed by atoms with Crippen molar-refractivity contribution in [1.29, 1.82) is 0 Å². The zero-order valence-corrected chi connectivity index (χ0v) is 20.3. The Balaban J connectivity index is 1.57. The molecule has 2 amide bonds. The Morgan fingerprint density at radius 1 is 0.938 bits per heavy atom. The van der Waals surface area contributed by atoms with Gasteiger partial charge in [0.2, 0.25) is 0 Å². The number of halogens is 1. The molecule has 0 unspecified atom stereocenters. The average molecular weight is 498 g/mol. The van der Waals surface area contributed by atoms with Crippen LogP contribution in [0.2, 0.25) is 0 Å². The maximum absolute atomic E-state index is 13.3. The standard InChI is InChI=1S/C26H32BrN3O2/c1-18-12-14-30(15-13-18)24-11-10-22(29-25(31)19-6-5-7-20(27)16-19)17-23(24)26(32)28-21-8-3-2-4-9-21/h5-7,10-11,16-18,21H,2-4,8-9,12-15H2,1H3,(H,28,32)(H,29,31). The normalized spacial score (nSPS) is 17.8. The first-order valence-electron chi connectivity index (χ1n) is 11.8. The number of carbonyl (C=O) groups excluding carboxylic acids is 2. The number of carbonyl (C=O) groups is 2. The minimum Gasteiger partial charge on any atom is -0.371 e. The van der Waals surface area contributed by atoms with E-state index in [2.05, 4.69) is 38.4 Å². The number of amides is 2. The van der Waals surface area contributed by atoms with Gasteiger partial charge in [0.25, 0.3) is 11.8 Å². The quantitative estimate of drug-likeness (QED) is 0.532. The lowest BCUT2D eigenvalue weighted by Gasteiger charge is -2.34. The molecule has 0 radical (unpaired) electrons. The first-order valence-corrected chi connectivity index (χ1v) is 12.6. The average Bonchev–Trinajstić information content (AvgIpc) is 2.80. The SMILES string of the molecule is CC1CCN(c2ccc(NC(=O)c3cccc(Br)c3)cc2C(=O)NC2CCCCC2)CC1. The molecule has 0 spiro atoms. The van der Waals surface area contributed by atoms with E-state index in [-0.39, 0.29) is 17.9 Å². The molecule has 6 heteroatoms. The van der Waals surface area contributed by atoms with E-state index in [0.29, 0.717) is 16.8 Å². The van der Waals surface area contributed by atoms with Crippen LogP contribution in [0.1, 0.15) is 72.6 Å². The van der Waals surface area contributed by atoms with E-state index in [1.807, 2.05) is 30.3 Å². The lowest BCUT2D eigenvalue weighted by molar-refractivity contribution is 0.0927. The van der Waals surface area contributed by atoms with Gasteiger partial charge in [0.05, 0.1) is 5.56 Å². The van der Waals surface area contributed by atoms with Crippen molar-refractivity contribution in [2.75, 3.05) is 23.3 Å². The topological polar surface area (TPSA) is 61.4 Å². The van der Waals surface area contributed by atoms with Gasteiger partial charge in [-0.3, -0.25) is 9.59 Å². The fourth-order valence-electron chi connectivity index (χ4n) is 4.66. The number of benzene rings is 2. The Kier molecular flexibility index (Phi) is 7.51. The van der Waals surface area contributed by atoms with E-state index >= 15 is 0 Å². The minimum atomic E-state index is -0.190. The second-order valence-electron chi connectivity index (χ2n) is 9.17. The molecule has 170 valence electrons. The van der Waals surface area contributed by atoms with Crippen molar-refractivity contribution in [3.05, 3.63) is 58.1 Å². The predicted molar refractivity (Wildman–Crippen MR) is 133 cm³/mol. The van der Waals surface area contributed by atoms with Crippen LogP contribution in [0, 0.1) is 5.92 Å². The van der Waals surface area contributed by atoms with Crippen LogP contribution in [0.25, 0.3) is 0 Å². The molecule has 5 nitrogen and oxygen atoms in total. The molecule has 4 rings (SSSR count). The minimum absolute atomic E-state index is 0.0379. The molecule has 2 aliphatic rings. The number of hydrogen-bond acceptors (Lipinski definition) is 3. The summed E-state index contributed by atoms with van der Waals surface area (Å²) >= 11 is 3.41. The highest BCUT2D eigenvalue weighted by atomic mass is 79.9. The fourth-order valence-corrected chi connectivity index (χ4v) is 5.06. The van der Waals surface area contributed by atoms with E-state index in [9.17, 15) is 9.59 Å². The number of nitrogens with one attached hydrogen (secondary N) is 2. The van der Waals surface area contributed by atoms with Gasteiger partial charge in [-0.1, -0.05) is 48.2 Å². The van der Waals surface area contributed by atoms with Gasteiger partial charge in [-0.05, 0) is 68.0 Å². The van der Waals surface area contributed by atoms with Crippen LogP contribution in [-0.4, -0.2) is 30.9 Å². The van der Waals surface area contributed by atoms with E-state index in [4.69, 9.17) is 0 Å². The monoisotopic (exact) mass is 497 g/mol. The Morgan fingerprint density at radius 3 is 2.41 bits per heavy atom. The van der Waals surface area contributed by atoms with Crippen molar-refractivity contribution in [1.82, 2.24) is 5.32 Å².